The molecule has 0 radical (unpaired) electrons. The molecule has 72 heavy (non-hydrogen) atoms. The maximum atomic E-state index is 15.4. The molecule has 0 aromatic heterocycles. The third kappa shape index (κ3) is 8.82. The minimum absolute atomic E-state index is 0.00575. The number of allylic oxidation sites excluding steroid dienone is 5. The van der Waals surface area contributed by atoms with Crippen molar-refractivity contribution in [3.05, 3.63) is 81.2 Å². The third-order valence-corrected chi connectivity index (χ3v) is 22.2. The van der Waals surface area contributed by atoms with E-state index in [2.05, 4.69) is 41.1 Å². The van der Waals surface area contributed by atoms with Crippen LogP contribution >= 0.6 is 21.6 Å². The van der Waals surface area contributed by atoms with Crippen molar-refractivity contribution >= 4 is 45.3 Å². The second kappa shape index (κ2) is 20.8. The van der Waals surface area contributed by atoms with E-state index in [0.717, 1.165) is 117 Å². The molecule has 4 fully saturated rings. The Morgan fingerprint density at radius 2 is 1.72 bits per heavy atom. The van der Waals surface area contributed by atoms with E-state index in [9.17, 15) is 24.9 Å². The van der Waals surface area contributed by atoms with Gasteiger partial charge in [-0.3, -0.25) is 14.5 Å². The van der Waals surface area contributed by atoms with Gasteiger partial charge in [0.25, 0.3) is 11.8 Å². The van der Waals surface area contributed by atoms with Gasteiger partial charge in [0.2, 0.25) is 0 Å². The molecule has 2 amide bonds. The Hall–Kier alpha value is -3.60. The summed E-state index contributed by atoms with van der Waals surface area (Å²) < 4.78 is 13.5. The zero-order valence-corrected chi connectivity index (χ0v) is 43.9. The first-order valence-corrected chi connectivity index (χ1v) is 30.1. The monoisotopic (exact) mass is 1020 g/mol. The van der Waals surface area contributed by atoms with Gasteiger partial charge in [-0.1, -0.05) is 60.3 Å². The quantitative estimate of drug-likeness (QED) is 0.0559. The standard InChI is InChI=1S/C57H76N4O9S2/c1-3-56(20-4-5-21-56)42-14-12-37-26-40-39-18-22-57(50(40)49-47(37)52(42)70-54(49)67)43-15-13-38(35-10-8-33(9-11-35)25-34(30-63)7-6-24-62)53(59-28-32(2)64)72-71-31-60-44-27-36(19-23-58-44)41(48(39)51(57)55(68)69-43)29-61-45(65)16-17-46(61)66/h15-17,19,27,32-35,37-41,50,53,58-60,62-64H,3-14,18,20-26,28-31H2,1-2H3/b43-15-/t32-,33?,34+,35?,37-,38+,39-,40-,41+,50+,53-,57-/m0/s1. The number of rotatable bonds is 14. The Bertz CT molecular complexity index is 2410. The van der Waals surface area contributed by atoms with Crippen molar-refractivity contribution in [1.29, 1.82) is 0 Å². The van der Waals surface area contributed by atoms with E-state index in [-0.39, 0.29) is 89.8 Å². The molecular weight excluding hydrogens is 949 g/mol. The lowest BCUT2D eigenvalue weighted by Gasteiger charge is -2.58. The SMILES string of the molecule is CCC1(C2=C3OC(=O)C4=C3[C@@H](CC2)C[C@H]2[C@@H]3CC[C@@]5(C6=C3[C@H](CN3C(=O)C=CC3=O)C3=CCNC(=C3)NCSS[C@H](NC[C@H](C)O)[C@@H](C3CCC(C[C@H](CO)CCCO)CC3)C/C=C/5OC6=O)[C@@H]42)CCCC1. The largest absolute Gasteiger partial charge is 0.427 e. The number of aliphatic hydroxyl groups is 3. The van der Waals surface area contributed by atoms with Gasteiger partial charge in [0.05, 0.1) is 34.2 Å². The fourth-order valence-electron chi connectivity index (χ4n) is 16.4. The Kier molecular flexibility index (Phi) is 14.6. The number of fused-ring (bicyclic) bond motifs is 2. The van der Waals surface area contributed by atoms with Crippen LogP contribution < -0.4 is 16.0 Å². The summed E-state index contributed by atoms with van der Waals surface area (Å²) in [7, 11) is 3.50. The van der Waals surface area contributed by atoms with Gasteiger partial charge < -0.3 is 40.7 Å². The number of esters is 2. The highest BCUT2D eigenvalue weighted by atomic mass is 33.1. The Balaban J connectivity index is 1.06. The number of nitrogens with zero attached hydrogens (tertiary/aromatic N) is 1. The Morgan fingerprint density at radius 3 is 2.46 bits per heavy atom. The molecule has 10 atom stereocenters. The summed E-state index contributed by atoms with van der Waals surface area (Å²) in [5.74, 6) is 1.92. The molecule has 1 spiro atoms. The molecule has 1 saturated heterocycles. The van der Waals surface area contributed by atoms with Gasteiger partial charge in [0, 0.05) is 68.0 Å². The van der Waals surface area contributed by atoms with Gasteiger partial charge in [-0.2, -0.15) is 0 Å². The molecule has 12 aliphatic rings. The first kappa shape index (κ1) is 50.6. The van der Waals surface area contributed by atoms with Crippen LogP contribution in [0.2, 0.25) is 0 Å². The molecule has 7 bridgehead atoms. The molecule has 7 aliphatic carbocycles. The van der Waals surface area contributed by atoms with Crippen molar-refractivity contribution in [2.24, 2.45) is 64.1 Å². The summed E-state index contributed by atoms with van der Waals surface area (Å²) in [5.41, 5.74) is 4.83. The highest BCUT2D eigenvalue weighted by Crippen LogP contribution is 2.73. The van der Waals surface area contributed by atoms with Crippen molar-refractivity contribution in [3.63, 3.8) is 0 Å². The van der Waals surface area contributed by atoms with Gasteiger partial charge in [-0.05, 0) is 173 Å². The lowest BCUT2D eigenvalue weighted by Crippen LogP contribution is -2.55. The van der Waals surface area contributed by atoms with Crippen LogP contribution in [-0.4, -0.2) is 94.2 Å². The molecule has 0 unspecified atom stereocenters. The Morgan fingerprint density at radius 1 is 0.931 bits per heavy atom. The van der Waals surface area contributed by atoms with E-state index in [1.807, 2.05) is 6.92 Å². The fourth-order valence-corrected chi connectivity index (χ4v) is 18.9. The molecule has 15 heteroatoms. The second-order valence-electron chi connectivity index (χ2n) is 23.2. The number of ether oxygens (including phenoxy) is 2. The van der Waals surface area contributed by atoms with Crippen LogP contribution in [0.4, 0.5) is 0 Å². The number of imide groups is 1. The molecule has 0 aromatic rings. The predicted molar refractivity (Wildman–Crippen MR) is 277 cm³/mol. The van der Waals surface area contributed by atoms with Crippen molar-refractivity contribution in [3.8, 4) is 0 Å². The summed E-state index contributed by atoms with van der Waals surface area (Å²) in [5, 5.41) is 41.4. The molecule has 5 heterocycles. The van der Waals surface area contributed by atoms with Crippen LogP contribution in [0.5, 0.6) is 0 Å². The summed E-state index contributed by atoms with van der Waals surface area (Å²) in [4.78, 5) is 58.9. The average Bonchev–Trinajstić information content (AvgIpc) is 4.17. The van der Waals surface area contributed by atoms with Crippen LogP contribution in [0.25, 0.3) is 0 Å². The van der Waals surface area contributed by atoms with Crippen molar-refractivity contribution in [2.45, 2.75) is 141 Å². The number of aliphatic hydroxyl groups excluding tert-OH is 3. The zero-order chi connectivity index (χ0) is 49.9. The number of carbonyl (C=O) groups excluding carboxylic acids is 4. The lowest BCUT2D eigenvalue weighted by molar-refractivity contribution is -0.138. The van der Waals surface area contributed by atoms with Crippen LogP contribution in [0.1, 0.15) is 129 Å². The molecule has 5 aliphatic heterocycles. The highest BCUT2D eigenvalue weighted by molar-refractivity contribution is 8.76. The van der Waals surface area contributed by atoms with E-state index in [1.54, 1.807) is 21.6 Å². The van der Waals surface area contributed by atoms with Gasteiger partial charge in [-0.25, -0.2) is 9.59 Å². The predicted octanol–water partition coefficient (Wildman–Crippen LogP) is 7.99. The molecule has 0 aromatic carbocycles. The smallest absolute Gasteiger partial charge is 0.340 e. The number of amides is 2. The van der Waals surface area contributed by atoms with Gasteiger partial charge in [0.15, 0.2) is 0 Å². The van der Waals surface area contributed by atoms with Crippen LogP contribution in [0.3, 0.4) is 0 Å². The molecule has 12 rings (SSSR count). The molecular formula is C57H76N4O9S2. The van der Waals surface area contributed by atoms with Gasteiger partial charge in [-0.15, -0.1) is 0 Å². The minimum Gasteiger partial charge on any atom is -0.427 e. The second-order valence-corrected chi connectivity index (χ2v) is 25.8. The van der Waals surface area contributed by atoms with Crippen LogP contribution in [0, 0.1) is 64.1 Å². The highest BCUT2D eigenvalue weighted by Gasteiger charge is 2.70. The van der Waals surface area contributed by atoms with E-state index >= 15 is 9.59 Å². The maximum Gasteiger partial charge on any atom is 0.340 e. The van der Waals surface area contributed by atoms with Crippen LogP contribution in [0.15, 0.2) is 81.2 Å². The normalized spacial score (nSPS) is 36.5. The fraction of sp³-hybridized carbons (Fsp3) is 0.684. The number of hydrogen-bond donors (Lipinski definition) is 6. The van der Waals surface area contributed by atoms with E-state index in [0.29, 0.717) is 61.4 Å². The lowest BCUT2D eigenvalue weighted by atomic mass is 9.42. The zero-order valence-electron chi connectivity index (χ0n) is 42.3. The Labute approximate surface area is 433 Å². The number of hydrogen-bond acceptors (Lipinski definition) is 14. The van der Waals surface area contributed by atoms with E-state index in [4.69, 9.17) is 9.47 Å². The van der Waals surface area contributed by atoms with Crippen LogP contribution in [-0.2, 0) is 28.7 Å². The van der Waals surface area contributed by atoms with Gasteiger partial charge in [0.1, 0.15) is 11.5 Å². The molecule has 390 valence electrons. The molecule has 6 N–H and O–H groups in total. The maximum absolute atomic E-state index is 15.4. The van der Waals surface area contributed by atoms with E-state index < -0.39 is 17.4 Å². The number of nitrogens with one attached hydrogen (secondary N) is 3. The summed E-state index contributed by atoms with van der Waals surface area (Å²) in [6.45, 7) is 5.42. The van der Waals surface area contributed by atoms with E-state index in [1.165, 1.54) is 35.5 Å². The summed E-state index contributed by atoms with van der Waals surface area (Å²) in [6.07, 6.45) is 25.6. The minimum atomic E-state index is -0.952. The van der Waals surface area contributed by atoms with Crippen molar-refractivity contribution in [1.82, 2.24) is 20.9 Å². The first-order valence-electron chi connectivity index (χ1n) is 27.7. The van der Waals surface area contributed by atoms with Crippen molar-refractivity contribution < 1.29 is 44.0 Å². The summed E-state index contributed by atoms with van der Waals surface area (Å²) >= 11 is 0. The molecule has 13 nitrogen and oxygen atoms in total. The molecule has 3 saturated carbocycles. The number of carbonyl (C=O) groups is 4. The van der Waals surface area contributed by atoms with Gasteiger partial charge >= 0.3 is 11.9 Å². The summed E-state index contributed by atoms with van der Waals surface area (Å²) in [6, 6.07) is 0. The van der Waals surface area contributed by atoms with Crippen molar-refractivity contribution in [2.75, 3.05) is 38.7 Å². The average molecular weight is 1030 g/mol. The topological polar surface area (TPSA) is 187 Å². The number of dihydropyridines is 1. The first-order chi connectivity index (χ1) is 35.0. The third-order valence-electron chi connectivity index (χ3n) is 19.7.